The van der Waals surface area contributed by atoms with Crippen LogP contribution in [-0.4, -0.2) is 22.0 Å². The van der Waals surface area contributed by atoms with Gasteiger partial charge in [0, 0.05) is 28.5 Å². The summed E-state index contributed by atoms with van der Waals surface area (Å²) in [6.07, 6.45) is 0.678. The molecule has 0 saturated heterocycles. The summed E-state index contributed by atoms with van der Waals surface area (Å²) in [5, 5.41) is 7.99. The molecule has 1 aromatic heterocycles. The van der Waals surface area contributed by atoms with Crippen LogP contribution in [0.5, 0.6) is 0 Å². The summed E-state index contributed by atoms with van der Waals surface area (Å²) < 4.78 is 0. The van der Waals surface area contributed by atoms with Gasteiger partial charge in [-0.2, -0.15) is 0 Å². The molecule has 0 aliphatic carbocycles. The maximum absolute atomic E-state index is 12.8. The van der Waals surface area contributed by atoms with Crippen molar-refractivity contribution in [3.8, 4) is 11.3 Å². The average molecular weight is 426 g/mol. The Morgan fingerprint density at radius 2 is 1.90 bits per heavy atom. The van der Waals surface area contributed by atoms with Gasteiger partial charge in [-0.1, -0.05) is 42.8 Å². The number of thioether (sulfide) groups is 1. The number of nitrogens with zero attached hydrogens (tertiary/aromatic N) is 1. The topological polar surface area (TPSA) is 71.1 Å². The standard InChI is InChI=1S/C22H23N3O2S2/c1-4-20(29-18-7-5-6-17(12-18)23-15(3)26)21(27)25-22-24-19(13-28-22)16-10-8-14(2)9-11-16/h5-13,20H,4H2,1-3H3,(H,23,26)(H,24,25,27). The number of carbonyl (C=O) groups excluding carboxylic acids is 2. The average Bonchev–Trinajstić information content (AvgIpc) is 3.14. The molecule has 2 amide bonds. The van der Waals surface area contributed by atoms with Crippen molar-refractivity contribution in [2.45, 2.75) is 37.3 Å². The maximum Gasteiger partial charge on any atom is 0.239 e. The maximum atomic E-state index is 12.8. The third kappa shape index (κ3) is 5.92. The van der Waals surface area contributed by atoms with E-state index in [-0.39, 0.29) is 17.1 Å². The Labute approximate surface area is 179 Å². The van der Waals surface area contributed by atoms with Crippen LogP contribution in [0.1, 0.15) is 25.8 Å². The van der Waals surface area contributed by atoms with Crippen molar-refractivity contribution in [1.82, 2.24) is 4.98 Å². The van der Waals surface area contributed by atoms with Gasteiger partial charge in [0.1, 0.15) is 0 Å². The highest BCUT2D eigenvalue weighted by Gasteiger charge is 2.19. The second-order valence-corrected chi connectivity index (χ2v) is 8.75. The summed E-state index contributed by atoms with van der Waals surface area (Å²) >= 11 is 2.90. The minimum Gasteiger partial charge on any atom is -0.326 e. The van der Waals surface area contributed by atoms with Crippen LogP contribution in [0.4, 0.5) is 10.8 Å². The van der Waals surface area contributed by atoms with Crippen molar-refractivity contribution >= 4 is 45.7 Å². The van der Waals surface area contributed by atoms with Gasteiger partial charge >= 0.3 is 0 Å². The molecule has 0 aliphatic heterocycles. The van der Waals surface area contributed by atoms with Gasteiger partial charge < -0.3 is 10.6 Å². The van der Waals surface area contributed by atoms with E-state index in [2.05, 4.69) is 15.6 Å². The molecule has 7 heteroatoms. The molecular formula is C22H23N3O2S2. The van der Waals surface area contributed by atoms with Crippen LogP contribution < -0.4 is 10.6 Å². The zero-order valence-electron chi connectivity index (χ0n) is 16.6. The second kappa shape index (κ2) is 9.71. The summed E-state index contributed by atoms with van der Waals surface area (Å²) in [4.78, 5) is 29.5. The van der Waals surface area contributed by atoms with E-state index in [1.54, 1.807) is 0 Å². The van der Waals surface area contributed by atoms with Crippen LogP contribution in [0.25, 0.3) is 11.3 Å². The Bertz CT molecular complexity index is 999. The molecule has 1 atom stereocenters. The quantitative estimate of drug-likeness (QED) is 0.484. The fourth-order valence-corrected chi connectivity index (χ4v) is 4.45. The first-order valence-electron chi connectivity index (χ1n) is 9.32. The van der Waals surface area contributed by atoms with Crippen LogP contribution >= 0.6 is 23.1 Å². The SMILES string of the molecule is CCC(Sc1cccc(NC(C)=O)c1)C(=O)Nc1nc(-c2ccc(C)cc2)cs1. The third-order valence-electron chi connectivity index (χ3n) is 4.18. The van der Waals surface area contributed by atoms with Crippen LogP contribution in [0, 0.1) is 6.92 Å². The smallest absolute Gasteiger partial charge is 0.239 e. The van der Waals surface area contributed by atoms with E-state index >= 15 is 0 Å². The predicted molar refractivity (Wildman–Crippen MR) is 122 cm³/mol. The lowest BCUT2D eigenvalue weighted by Gasteiger charge is -2.14. The van der Waals surface area contributed by atoms with E-state index < -0.39 is 0 Å². The molecule has 2 N–H and O–H groups in total. The summed E-state index contributed by atoms with van der Waals surface area (Å²) in [5.74, 6) is -0.197. The molecule has 1 unspecified atom stereocenters. The fourth-order valence-electron chi connectivity index (χ4n) is 2.71. The van der Waals surface area contributed by atoms with Gasteiger partial charge in [-0.15, -0.1) is 23.1 Å². The van der Waals surface area contributed by atoms with Crippen molar-refractivity contribution in [3.63, 3.8) is 0 Å². The molecule has 5 nitrogen and oxygen atoms in total. The Kier molecular flexibility index (Phi) is 7.06. The number of carbonyl (C=O) groups is 2. The zero-order valence-corrected chi connectivity index (χ0v) is 18.2. The Morgan fingerprint density at radius 3 is 2.59 bits per heavy atom. The van der Waals surface area contributed by atoms with Crippen LogP contribution in [0.15, 0.2) is 58.8 Å². The number of hydrogen-bond acceptors (Lipinski definition) is 5. The van der Waals surface area contributed by atoms with Gasteiger partial charge in [-0.3, -0.25) is 9.59 Å². The van der Waals surface area contributed by atoms with Crippen molar-refractivity contribution in [1.29, 1.82) is 0 Å². The summed E-state index contributed by atoms with van der Waals surface area (Å²) in [5.41, 5.74) is 3.81. The molecule has 150 valence electrons. The van der Waals surface area contributed by atoms with Crippen molar-refractivity contribution in [2.24, 2.45) is 0 Å². The lowest BCUT2D eigenvalue weighted by atomic mass is 10.1. The molecule has 0 radical (unpaired) electrons. The third-order valence-corrected chi connectivity index (χ3v) is 6.29. The molecule has 29 heavy (non-hydrogen) atoms. The predicted octanol–water partition coefficient (Wildman–Crippen LogP) is 5.59. The number of rotatable bonds is 7. The Balaban J connectivity index is 1.66. The van der Waals surface area contributed by atoms with Gasteiger partial charge in [-0.25, -0.2) is 4.98 Å². The lowest BCUT2D eigenvalue weighted by molar-refractivity contribution is -0.116. The minimum absolute atomic E-state index is 0.0766. The van der Waals surface area contributed by atoms with Gasteiger partial charge in [-0.05, 0) is 31.5 Å². The van der Waals surface area contributed by atoms with E-state index in [1.165, 1.54) is 35.6 Å². The molecule has 1 heterocycles. The van der Waals surface area contributed by atoms with Crippen LogP contribution in [-0.2, 0) is 9.59 Å². The minimum atomic E-state index is -0.255. The lowest BCUT2D eigenvalue weighted by Crippen LogP contribution is -2.24. The molecule has 0 aliphatic rings. The Morgan fingerprint density at radius 1 is 1.14 bits per heavy atom. The normalized spacial score (nSPS) is 11.7. The number of thiazole rings is 1. The molecular weight excluding hydrogens is 402 g/mol. The van der Waals surface area contributed by atoms with Crippen molar-refractivity contribution in [3.05, 3.63) is 59.5 Å². The number of aryl methyl sites for hydroxylation is 1. The molecule has 3 rings (SSSR count). The molecule has 0 spiro atoms. The number of benzene rings is 2. The highest BCUT2D eigenvalue weighted by molar-refractivity contribution is 8.00. The monoisotopic (exact) mass is 425 g/mol. The zero-order chi connectivity index (χ0) is 20.8. The molecule has 0 saturated carbocycles. The summed E-state index contributed by atoms with van der Waals surface area (Å²) in [6, 6.07) is 15.7. The molecule has 3 aromatic rings. The summed E-state index contributed by atoms with van der Waals surface area (Å²) in [7, 11) is 0. The second-order valence-electron chi connectivity index (χ2n) is 6.62. The first-order valence-corrected chi connectivity index (χ1v) is 11.1. The molecule has 2 aromatic carbocycles. The number of nitrogens with one attached hydrogen (secondary N) is 2. The number of amides is 2. The van der Waals surface area contributed by atoms with Crippen molar-refractivity contribution < 1.29 is 9.59 Å². The highest BCUT2D eigenvalue weighted by Crippen LogP contribution is 2.30. The van der Waals surface area contributed by atoms with Crippen LogP contribution in [0.2, 0.25) is 0 Å². The molecule has 0 bridgehead atoms. The fraction of sp³-hybridized carbons (Fsp3) is 0.227. The highest BCUT2D eigenvalue weighted by atomic mass is 32.2. The molecule has 0 fully saturated rings. The Hall–Kier alpha value is -2.64. The first-order chi connectivity index (χ1) is 13.9. The number of hydrogen-bond donors (Lipinski definition) is 2. The van der Waals surface area contributed by atoms with E-state index in [9.17, 15) is 9.59 Å². The van der Waals surface area contributed by atoms with E-state index in [0.29, 0.717) is 11.6 Å². The van der Waals surface area contributed by atoms with Gasteiger partial charge in [0.25, 0.3) is 0 Å². The van der Waals surface area contributed by atoms with E-state index in [1.807, 2.05) is 67.8 Å². The van der Waals surface area contributed by atoms with Gasteiger partial charge in [0.2, 0.25) is 11.8 Å². The number of anilines is 2. The van der Waals surface area contributed by atoms with Gasteiger partial charge in [0.15, 0.2) is 5.13 Å². The van der Waals surface area contributed by atoms with E-state index in [4.69, 9.17) is 0 Å². The first kappa shape index (κ1) is 21.1. The summed E-state index contributed by atoms with van der Waals surface area (Å²) in [6.45, 7) is 5.50. The van der Waals surface area contributed by atoms with E-state index in [0.717, 1.165) is 21.8 Å². The van der Waals surface area contributed by atoms with Gasteiger partial charge in [0.05, 0.1) is 10.9 Å². The largest absolute Gasteiger partial charge is 0.326 e. The van der Waals surface area contributed by atoms with Crippen LogP contribution in [0.3, 0.4) is 0 Å². The number of aromatic nitrogens is 1. The van der Waals surface area contributed by atoms with Crippen molar-refractivity contribution in [2.75, 3.05) is 10.6 Å².